The number of hydrogen-bond donors (Lipinski definition) is 1. The zero-order chi connectivity index (χ0) is 12.1. The van der Waals surface area contributed by atoms with E-state index in [1.54, 1.807) is 0 Å². The summed E-state index contributed by atoms with van der Waals surface area (Å²) in [5.74, 6) is 0. The smallest absolute Gasteiger partial charge is 0.0900 e. The molecule has 0 radical (unpaired) electrons. The first kappa shape index (κ1) is 13.3. The molecule has 1 aliphatic heterocycles. The molecule has 2 rings (SSSR count). The van der Waals surface area contributed by atoms with Crippen LogP contribution in [-0.2, 0) is 4.74 Å². The lowest BCUT2D eigenvalue weighted by atomic mass is 10.2. The SMILES string of the molecule is CN1CCN(CC(O)COC2CCCC2)CC1. The Kier molecular flexibility index (Phi) is 5.22. The van der Waals surface area contributed by atoms with Gasteiger partial charge in [0.25, 0.3) is 0 Å². The number of aliphatic hydroxyl groups is 1. The fourth-order valence-corrected chi connectivity index (χ4v) is 2.68. The van der Waals surface area contributed by atoms with Crippen molar-refractivity contribution in [1.82, 2.24) is 9.80 Å². The molecule has 1 atom stereocenters. The van der Waals surface area contributed by atoms with Crippen molar-refractivity contribution in [2.24, 2.45) is 0 Å². The molecule has 1 saturated heterocycles. The summed E-state index contributed by atoms with van der Waals surface area (Å²) in [5, 5.41) is 9.95. The molecule has 0 spiro atoms. The van der Waals surface area contributed by atoms with Crippen LogP contribution < -0.4 is 0 Å². The van der Waals surface area contributed by atoms with E-state index in [4.69, 9.17) is 4.74 Å². The minimum absolute atomic E-state index is 0.320. The van der Waals surface area contributed by atoms with Crippen molar-refractivity contribution < 1.29 is 9.84 Å². The molecule has 100 valence electrons. The Morgan fingerprint density at radius 1 is 1.18 bits per heavy atom. The first-order valence-corrected chi connectivity index (χ1v) is 6.94. The quantitative estimate of drug-likeness (QED) is 0.764. The minimum atomic E-state index is -0.320. The van der Waals surface area contributed by atoms with Crippen molar-refractivity contribution in [1.29, 1.82) is 0 Å². The second-order valence-corrected chi connectivity index (χ2v) is 5.50. The monoisotopic (exact) mass is 242 g/mol. The van der Waals surface area contributed by atoms with Gasteiger partial charge in [0.15, 0.2) is 0 Å². The van der Waals surface area contributed by atoms with Gasteiger partial charge in [0.2, 0.25) is 0 Å². The predicted octanol–water partition coefficient (Wildman–Crippen LogP) is 0.554. The summed E-state index contributed by atoms with van der Waals surface area (Å²) >= 11 is 0. The molecule has 4 nitrogen and oxygen atoms in total. The number of nitrogens with zero attached hydrogens (tertiary/aromatic N) is 2. The van der Waals surface area contributed by atoms with Crippen LogP contribution in [0.4, 0.5) is 0 Å². The lowest BCUT2D eigenvalue weighted by molar-refractivity contribution is -0.0225. The van der Waals surface area contributed by atoms with Crippen molar-refractivity contribution in [3.8, 4) is 0 Å². The van der Waals surface area contributed by atoms with Crippen LogP contribution in [0.15, 0.2) is 0 Å². The number of hydrogen-bond acceptors (Lipinski definition) is 4. The molecule has 2 fully saturated rings. The fourth-order valence-electron chi connectivity index (χ4n) is 2.68. The number of piperazine rings is 1. The van der Waals surface area contributed by atoms with Crippen molar-refractivity contribution in [3.05, 3.63) is 0 Å². The molecule has 1 saturated carbocycles. The van der Waals surface area contributed by atoms with Gasteiger partial charge in [0.05, 0.1) is 18.8 Å². The second kappa shape index (κ2) is 6.69. The first-order valence-electron chi connectivity index (χ1n) is 6.94. The van der Waals surface area contributed by atoms with Crippen molar-refractivity contribution in [2.75, 3.05) is 46.4 Å². The first-order chi connectivity index (χ1) is 8.24. The molecule has 0 aromatic heterocycles. The van der Waals surface area contributed by atoms with Crippen molar-refractivity contribution >= 4 is 0 Å². The molecule has 1 heterocycles. The third-order valence-electron chi connectivity index (χ3n) is 3.89. The van der Waals surface area contributed by atoms with Crippen LogP contribution in [0.25, 0.3) is 0 Å². The average molecular weight is 242 g/mol. The van der Waals surface area contributed by atoms with Gasteiger partial charge < -0.3 is 14.7 Å². The molecule has 2 aliphatic rings. The van der Waals surface area contributed by atoms with E-state index in [-0.39, 0.29) is 6.10 Å². The maximum atomic E-state index is 9.95. The molecular formula is C13H26N2O2. The second-order valence-electron chi connectivity index (χ2n) is 5.50. The van der Waals surface area contributed by atoms with E-state index in [1.165, 1.54) is 25.7 Å². The summed E-state index contributed by atoms with van der Waals surface area (Å²) in [6.07, 6.45) is 5.04. The summed E-state index contributed by atoms with van der Waals surface area (Å²) in [4.78, 5) is 4.67. The van der Waals surface area contributed by atoms with Gasteiger partial charge in [0.1, 0.15) is 0 Å². The van der Waals surface area contributed by atoms with Gasteiger partial charge in [-0.3, -0.25) is 4.90 Å². The van der Waals surface area contributed by atoms with Gasteiger partial charge in [-0.15, -0.1) is 0 Å². The van der Waals surface area contributed by atoms with Gasteiger partial charge in [-0.1, -0.05) is 12.8 Å². The van der Waals surface area contributed by atoms with Gasteiger partial charge in [-0.25, -0.2) is 0 Å². The number of likely N-dealkylation sites (N-methyl/N-ethyl adjacent to an activating group) is 1. The standard InChI is InChI=1S/C13H26N2O2/c1-14-6-8-15(9-7-14)10-12(16)11-17-13-4-2-3-5-13/h12-13,16H,2-11H2,1H3. The topological polar surface area (TPSA) is 35.9 Å². The van der Waals surface area contributed by atoms with E-state index in [2.05, 4.69) is 16.8 Å². The zero-order valence-electron chi connectivity index (χ0n) is 11.0. The van der Waals surface area contributed by atoms with Crippen LogP contribution >= 0.6 is 0 Å². The third kappa shape index (κ3) is 4.54. The van der Waals surface area contributed by atoms with E-state index in [1.807, 2.05) is 0 Å². The predicted molar refractivity (Wildman–Crippen MR) is 68.2 cm³/mol. The highest BCUT2D eigenvalue weighted by Gasteiger charge is 2.20. The van der Waals surface area contributed by atoms with E-state index < -0.39 is 0 Å². The normalized spacial score (nSPS) is 26.5. The van der Waals surface area contributed by atoms with Crippen molar-refractivity contribution in [3.63, 3.8) is 0 Å². The van der Waals surface area contributed by atoms with Gasteiger partial charge in [-0.2, -0.15) is 0 Å². The minimum Gasteiger partial charge on any atom is -0.389 e. The molecule has 1 aliphatic carbocycles. The summed E-state index contributed by atoms with van der Waals surface area (Å²) < 4.78 is 5.74. The van der Waals surface area contributed by atoms with E-state index in [0.717, 1.165) is 32.7 Å². The maximum absolute atomic E-state index is 9.95. The van der Waals surface area contributed by atoms with E-state index in [9.17, 15) is 5.11 Å². The van der Waals surface area contributed by atoms with Gasteiger partial charge in [-0.05, 0) is 19.9 Å². The van der Waals surface area contributed by atoms with Gasteiger partial charge in [0, 0.05) is 32.7 Å². The maximum Gasteiger partial charge on any atom is 0.0900 e. The fraction of sp³-hybridized carbons (Fsp3) is 1.00. The van der Waals surface area contributed by atoms with Crippen LogP contribution in [-0.4, -0.2) is 73.5 Å². The van der Waals surface area contributed by atoms with Crippen LogP contribution in [0.2, 0.25) is 0 Å². The molecule has 0 amide bonds. The lowest BCUT2D eigenvalue weighted by Gasteiger charge is -2.33. The summed E-state index contributed by atoms with van der Waals surface area (Å²) in [5.41, 5.74) is 0. The van der Waals surface area contributed by atoms with Gasteiger partial charge >= 0.3 is 0 Å². The van der Waals surface area contributed by atoms with Crippen LogP contribution in [0.1, 0.15) is 25.7 Å². The Labute approximate surface area is 105 Å². The number of aliphatic hydroxyl groups excluding tert-OH is 1. The lowest BCUT2D eigenvalue weighted by Crippen LogP contribution is -2.47. The average Bonchev–Trinajstić information content (AvgIpc) is 2.83. The molecular weight excluding hydrogens is 216 g/mol. The molecule has 17 heavy (non-hydrogen) atoms. The molecule has 4 heteroatoms. The third-order valence-corrected chi connectivity index (χ3v) is 3.89. The zero-order valence-corrected chi connectivity index (χ0v) is 11.0. The summed E-state index contributed by atoms with van der Waals surface area (Å²) in [7, 11) is 2.15. The Bertz CT molecular complexity index is 211. The highest BCUT2D eigenvalue weighted by atomic mass is 16.5. The molecule has 0 bridgehead atoms. The molecule has 1 N–H and O–H groups in total. The van der Waals surface area contributed by atoms with Crippen molar-refractivity contribution in [2.45, 2.75) is 37.9 Å². The summed E-state index contributed by atoms with van der Waals surface area (Å²) in [6, 6.07) is 0. The Balaban J connectivity index is 1.58. The highest BCUT2D eigenvalue weighted by Crippen LogP contribution is 2.20. The Hall–Kier alpha value is -0.160. The van der Waals surface area contributed by atoms with E-state index >= 15 is 0 Å². The van der Waals surface area contributed by atoms with E-state index in [0.29, 0.717) is 12.7 Å². The van der Waals surface area contributed by atoms with Crippen LogP contribution in [0, 0.1) is 0 Å². The summed E-state index contributed by atoms with van der Waals surface area (Å²) in [6.45, 7) is 5.62. The van der Waals surface area contributed by atoms with Crippen LogP contribution in [0.5, 0.6) is 0 Å². The molecule has 1 unspecified atom stereocenters. The molecule has 0 aromatic carbocycles. The number of ether oxygens (including phenoxy) is 1. The Morgan fingerprint density at radius 2 is 1.82 bits per heavy atom. The Morgan fingerprint density at radius 3 is 2.47 bits per heavy atom. The highest BCUT2D eigenvalue weighted by molar-refractivity contribution is 4.73. The largest absolute Gasteiger partial charge is 0.389 e. The van der Waals surface area contributed by atoms with Crippen LogP contribution in [0.3, 0.4) is 0 Å². The number of β-amino-alcohol motifs (C(OH)–C–C–N with tert-alkyl or cyclic N) is 1. The molecule has 0 aromatic rings. The number of rotatable bonds is 5.